The summed E-state index contributed by atoms with van der Waals surface area (Å²) in [6.07, 6.45) is 2.95. The Morgan fingerprint density at radius 1 is 1.02 bits per heavy atom. The Bertz CT molecular complexity index is 1280. The fraction of sp³-hybridized carbons (Fsp3) is 0.536. The van der Waals surface area contributed by atoms with Crippen LogP contribution in [0.15, 0.2) is 39.9 Å². The third-order valence-corrected chi connectivity index (χ3v) is 7.03. The normalized spacial score (nSPS) is 13.6. The number of amides is 2. The number of benzene rings is 1. The second kappa shape index (κ2) is 14.9. The molecule has 2 aromatic rings. The molecular weight excluding hydrogens is 518 g/mol. The van der Waals surface area contributed by atoms with Crippen LogP contribution in [-0.4, -0.2) is 51.7 Å². The third kappa shape index (κ3) is 8.45. The molecule has 2 heterocycles. The van der Waals surface area contributed by atoms with Crippen LogP contribution in [0.2, 0.25) is 0 Å². The molecule has 218 valence electrons. The Morgan fingerprint density at radius 3 is 2.40 bits per heavy atom. The molecule has 0 atom stereocenters. The first-order valence-electron chi connectivity index (χ1n) is 13.7. The Kier molecular flexibility index (Phi) is 11.3. The largest absolute Gasteiger partial charge is 0.466 e. The highest BCUT2D eigenvalue weighted by Gasteiger charge is 2.25. The standard InChI is InChI=1S/C28H39N5O7/c1-3-39-23(35)11-7-8-16-33-26(36)24(25(29)31(2)27(33)37)30-22(34)13-12-20-14-17-32(18-15-20)28(38)40-19-21-9-5-4-6-10-21/h4-6,9-10,20H,3,7-8,11-19,29H2,1-2H3,(H,30,34). The second-order valence-electron chi connectivity index (χ2n) is 9.88. The van der Waals surface area contributed by atoms with E-state index in [-0.39, 0.29) is 61.4 Å². The number of rotatable bonds is 12. The quantitative estimate of drug-likeness (QED) is 0.298. The minimum Gasteiger partial charge on any atom is -0.466 e. The highest BCUT2D eigenvalue weighted by atomic mass is 16.6. The summed E-state index contributed by atoms with van der Waals surface area (Å²) in [5.41, 5.74) is 5.53. The highest BCUT2D eigenvalue weighted by Crippen LogP contribution is 2.23. The van der Waals surface area contributed by atoms with Gasteiger partial charge in [-0.1, -0.05) is 30.3 Å². The molecule has 1 aromatic carbocycles. The van der Waals surface area contributed by atoms with Gasteiger partial charge in [-0.15, -0.1) is 0 Å². The van der Waals surface area contributed by atoms with Crippen LogP contribution in [0.1, 0.15) is 57.4 Å². The van der Waals surface area contributed by atoms with E-state index in [1.54, 1.807) is 11.8 Å². The first-order chi connectivity index (χ1) is 19.2. The van der Waals surface area contributed by atoms with E-state index < -0.39 is 11.2 Å². The molecule has 1 fully saturated rings. The van der Waals surface area contributed by atoms with Crippen molar-refractivity contribution in [2.75, 3.05) is 30.7 Å². The van der Waals surface area contributed by atoms with Crippen molar-refractivity contribution in [3.63, 3.8) is 0 Å². The first-order valence-corrected chi connectivity index (χ1v) is 13.7. The van der Waals surface area contributed by atoms with Gasteiger partial charge in [-0.2, -0.15) is 0 Å². The topological polar surface area (TPSA) is 155 Å². The molecule has 0 bridgehead atoms. The summed E-state index contributed by atoms with van der Waals surface area (Å²) in [5.74, 6) is -0.575. The number of ether oxygens (including phenoxy) is 2. The minimum atomic E-state index is -0.674. The van der Waals surface area contributed by atoms with Crippen LogP contribution in [0.3, 0.4) is 0 Å². The molecule has 0 unspecified atom stereocenters. The number of hydrogen-bond donors (Lipinski definition) is 2. The molecular formula is C28H39N5O7. The number of aromatic nitrogens is 2. The number of nitrogens with one attached hydrogen (secondary N) is 1. The van der Waals surface area contributed by atoms with E-state index in [1.807, 2.05) is 30.3 Å². The lowest BCUT2D eigenvalue weighted by Gasteiger charge is -2.31. The van der Waals surface area contributed by atoms with E-state index in [1.165, 1.54) is 7.05 Å². The van der Waals surface area contributed by atoms with Crippen LogP contribution in [0.5, 0.6) is 0 Å². The van der Waals surface area contributed by atoms with E-state index in [9.17, 15) is 24.0 Å². The lowest BCUT2D eigenvalue weighted by Crippen LogP contribution is -2.42. The molecule has 0 aliphatic carbocycles. The van der Waals surface area contributed by atoms with E-state index in [0.29, 0.717) is 39.0 Å². The Morgan fingerprint density at radius 2 is 1.73 bits per heavy atom. The fourth-order valence-corrected chi connectivity index (χ4v) is 4.62. The molecule has 1 aromatic heterocycles. The summed E-state index contributed by atoms with van der Waals surface area (Å²) in [5, 5.41) is 2.60. The number of nitrogen functional groups attached to an aromatic ring is 1. The number of nitrogens with two attached hydrogens (primary N) is 1. The summed E-state index contributed by atoms with van der Waals surface area (Å²) in [7, 11) is 1.43. The van der Waals surface area contributed by atoms with Gasteiger partial charge >= 0.3 is 17.8 Å². The van der Waals surface area contributed by atoms with E-state index in [0.717, 1.165) is 27.5 Å². The van der Waals surface area contributed by atoms with Gasteiger partial charge in [-0.25, -0.2) is 9.59 Å². The van der Waals surface area contributed by atoms with Gasteiger partial charge in [0.05, 0.1) is 6.61 Å². The van der Waals surface area contributed by atoms with Crippen molar-refractivity contribution in [3.05, 3.63) is 56.7 Å². The van der Waals surface area contributed by atoms with Crippen molar-refractivity contribution in [1.82, 2.24) is 14.0 Å². The first kappa shape index (κ1) is 30.5. The maximum atomic E-state index is 13.0. The van der Waals surface area contributed by atoms with Crippen molar-refractivity contribution < 1.29 is 23.9 Å². The Balaban J connectivity index is 1.47. The van der Waals surface area contributed by atoms with Crippen molar-refractivity contribution in [3.8, 4) is 0 Å². The Labute approximate surface area is 233 Å². The van der Waals surface area contributed by atoms with Crippen molar-refractivity contribution >= 4 is 29.5 Å². The number of unbranched alkanes of at least 4 members (excludes halogenated alkanes) is 1. The Hall–Kier alpha value is -4.09. The van der Waals surface area contributed by atoms with Gasteiger partial charge in [0, 0.05) is 39.5 Å². The van der Waals surface area contributed by atoms with Crippen molar-refractivity contribution in [2.45, 2.75) is 65.0 Å². The monoisotopic (exact) mass is 557 g/mol. The molecule has 0 radical (unpaired) electrons. The number of likely N-dealkylation sites (tertiary alicyclic amines) is 1. The van der Waals surface area contributed by atoms with Gasteiger partial charge in [0.1, 0.15) is 18.1 Å². The van der Waals surface area contributed by atoms with E-state index in [2.05, 4.69) is 5.32 Å². The average Bonchev–Trinajstić information content (AvgIpc) is 2.96. The molecule has 3 N–H and O–H groups in total. The highest BCUT2D eigenvalue weighted by molar-refractivity contribution is 5.92. The number of carbonyl (C=O) groups excluding carboxylic acids is 3. The average molecular weight is 558 g/mol. The maximum Gasteiger partial charge on any atom is 0.410 e. The molecule has 1 saturated heterocycles. The van der Waals surface area contributed by atoms with Gasteiger partial charge in [0.25, 0.3) is 5.56 Å². The summed E-state index contributed by atoms with van der Waals surface area (Å²) < 4.78 is 12.4. The number of carbonyl (C=O) groups is 3. The lowest BCUT2D eigenvalue weighted by molar-refractivity contribution is -0.143. The van der Waals surface area contributed by atoms with Crippen molar-refractivity contribution in [2.24, 2.45) is 13.0 Å². The zero-order chi connectivity index (χ0) is 29.1. The SMILES string of the molecule is CCOC(=O)CCCCn1c(=O)c(NC(=O)CCC2CCN(C(=O)OCc3ccccc3)CC2)c(N)n(C)c1=O. The molecule has 1 aliphatic heterocycles. The van der Waals surface area contributed by atoms with Gasteiger partial charge in [0.15, 0.2) is 0 Å². The van der Waals surface area contributed by atoms with Crippen LogP contribution < -0.4 is 22.3 Å². The van der Waals surface area contributed by atoms with Crippen LogP contribution in [0.4, 0.5) is 16.3 Å². The summed E-state index contributed by atoms with van der Waals surface area (Å²) in [6, 6.07) is 9.49. The zero-order valence-corrected chi connectivity index (χ0v) is 23.2. The molecule has 0 saturated carbocycles. The van der Waals surface area contributed by atoms with Crippen LogP contribution in [0, 0.1) is 5.92 Å². The van der Waals surface area contributed by atoms with Gasteiger partial charge in [0.2, 0.25) is 5.91 Å². The smallest absolute Gasteiger partial charge is 0.410 e. The predicted octanol–water partition coefficient (Wildman–Crippen LogP) is 2.63. The van der Waals surface area contributed by atoms with Crippen LogP contribution in [-0.2, 0) is 39.3 Å². The van der Waals surface area contributed by atoms with E-state index in [4.69, 9.17) is 15.2 Å². The zero-order valence-electron chi connectivity index (χ0n) is 23.2. The van der Waals surface area contributed by atoms with Gasteiger partial charge in [-0.05, 0) is 50.5 Å². The summed E-state index contributed by atoms with van der Waals surface area (Å²) in [6.45, 7) is 3.43. The molecule has 3 rings (SSSR count). The van der Waals surface area contributed by atoms with E-state index >= 15 is 0 Å². The minimum absolute atomic E-state index is 0.0837. The number of hydrogen-bond acceptors (Lipinski definition) is 8. The van der Waals surface area contributed by atoms with Crippen LogP contribution in [0.25, 0.3) is 0 Å². The number of piperidine rings is 1. The third-order valence-electron chi connectivity index (χ3n) is 7.03. The van der Waals surface area contributed by atoms with Gasteiger partial charge < -0.3 is 25.4 Å². The molecule has 40 heavy (non-hydrogen) atoms. The molecule has 2 amide bonds. The fourth-order valence-electron chi connectivity index (χ4n) is 4.62. The van der Waals surface area contributed by atoms with Crippen LogP contribution >= 0.6 is 0 Å². The predicted molar refractivity (Wildman–Crippen MR) is 150 cm³/mol. The second-order valence-corrected chi connectivity index (χ2v) is 9.88. The number of esters is 1. The molecule has 12 heteroatoms. The number of anilines is 2. The summed E-state index contributed by atoms with van der Waals surface area (Å²) in [4.78, 5) is 63.9. The molecule has 0 spiro atoms. The van der Waals surface area contributed by atoms with Gasteiger partial charge in [-0.3, -0.25) is 23.5 Å². The number of nitrogens with zero attached hydrogens (tertiary/aromatic N) is 3. The maximum absolute atomic E-state index is 13.0. The van der Waals surface area contributed by atoms with Crippen molar-refractivity contribution in [1.29, 1.82) is 0 Å². The summed E-state index contributed by atoms with van der Waals surface area (Å²) >= 11 is 0. The molecule has 12 nitrogen and oxygen atoms in total. The lowest BCUT2D eigenvalue weighted by atomic mass is 9.92. The molecule has 1 aliphatic rings.